The second-order valence-corrected chi connectivity index (χ2v) is 6.84. The van der Waals surface area contributed by atoms with Crippen LogP contribution in [0.5, 0.6) is 0 Å². The summed E-state index contributed by atoms with van der Waals surface area (Å²) in [5.74, 6) is 0.451. The molecule has 1 aliphatic heterocycles. The summed E-state index contributed by atoms with van der Waals surface area (Å²) in [6, 6.07) is 0. The van der Waals surface area contributed by atoms with E-state index < -0.39 is 11.9 Å². The average molecular weight is 266 g/mol. The van der Waals surface area contributed by atoms with E-state index in [1.165, 1.54) is 32.1 Å². The lowest BCUT2D eigenvalue weighted by atomic mass is 9.78. The number of hydrogen-bond acceptors (Lipinski definition) is 3. The molecule has 2 aliphatic carbocycles. The Morgan fingerprint density at radius 1 is 1.11 bits per heavy atom. The van der Waals surface area contributed by atoms with Gasteiger partial charge in [0, 0.05) is 5.92 Å². The number of rotatable bonds is 2. The molecule has 1 saturated carbocycles. The van der Waals surface area contributed by atoms with Gasteiger partial charge in [0.2, 0.25) is 0 Å². The Morgan fingerprint density at radius 3 is 2.58 bits per heavy atom. The van der Waals surface area contributed by atoms with Gasteiger partial charge in [-0.2, -0.15) is 0 Å². The van der Waals surface area contributed by atoms with Crippen LogP contribution in [0, 0.1) is 11.8 Å². The van der Waals surface area contributed by atoms with Crippen molar-refractivity contribution in [3.05, 3.63) is 12.2 Å². The first-order chi connectivity index (χ1) is 9.05. The molecule has 1 N–H and O–H groups in total. The standard InChI is InChI=1S/C16H26O3/c1-16(2)18-13-9-8-12(14(17)15(13)19-16)10-11-6-4-3-5-7-11/h8-9,11-15,17H,3-7,10H2,1-2H3/t12-,13+,14+,15+/m0/s1. The van der Waals surface area contributed by atoms with Gasteiger partial charge in [-0.15, -0.1) is 0 Å². The number of ether oxygens (including phenoxy) is 2. The van der Waals surface area contributed by atoms with Gasteiger partial charge in [0.05, 0.1) is 6.10 Å². The molecule has 0 radical (unpaired) electrons. The van der Waals surface area contributed by atoms with Crippen LogP contribution in [0.4, 0.5) is 0 Å². The number of aliphatic hydroxyl groups excluding tert-OH is 1. The predicted octanol–water partition coefficient (Wildman–Crippen LogP) is 3.02. The second-order valence-electron chi connectivity index (χ2n) is 6.84. The van der Waals surface area contributed by atoms with E-state index in [1.54, 1.807) is 0 Å². The Bertz CT molecular complexity index is 344. The quantitative estimate of drug-likeness (QED) is 0.781. The SMILES string of the molecule is CC1(C)O[C@H]2[C@H](O)[C@H](CC3CCCCC3)C=C[C@H]2O1. The summed E-state index contributed by atoms with van der Waals surface area (Å²) in [6.07, 6.45) is 11.4. The highest BCUT2D eigenvalue weighted by molar-refractivity contribution is 5.11. The fourth-order valence-corrected chi connectivity index (χ4v) is 3.87. The van der Waals surface area contributed by atoms with Crippen molar-refractivity contribution in [1.29, 1.82) is 0 Å². The topological polar surface area (TPSA) is 38.7 Å². The van der Waals surface area contributed by atoms with Gasteiger partial charge in [0.1, 0.15) is 12.2 Å². The van der Waals surface area contributed by atoms with Crippen molar-refractivity contribution < 1.29 is 14.6 Å². The third kappa shape index (κ3) is 2.88. The number of fused-ring (bicyclic) bond motifs is 1. The molecule has 3 nitrogen and oxygen atoms in total. The van der Waals surface area contributed by atoms with Crippen LogP contribution in [-0.2, 0) is 9.47 Å². The molecule has 0 aromatic rings. The average Bonchev–Trinajstić information content (AvgIpc) is 2.70. The van der Waals surface area contributed by atoms with Crippen LogP contribution in [-0.4, -0.2) is 29.2 Å². The Hall–Kier alpha value is -0.380. The minimum atomic E-state index is -0.569. The first-order valence-corrected chi connectivity index (χ1v) is 7.77. The molecule has 0 bridgehead atoms. The second kappa shape index (κ2) is 5.19. The maximum absolute atomic E-state index is 10.5. The van der Waals surface area contributed by atoms with Crippen molar-refractivity contribution in [2.45, 2.75) is 76.5 Å². The maximum atomic E-state index is 10.5. The maximum Gasteiger partial charge on any atom is 0.164 e. The molecule has 3 heteroatoms. The van der Waals surface area contributed by atoms with Crippen molar-refractivity contribution in [2.24, 2.45) is 11.8 Å². The Kier molecular flexibility index (Phi) is 3.71. The zero-order valence-corrected chi connectivity index (χ0v) is 12.0. The molecule has 0 amide bonds. The van der Waals surface area contributed by atoms with Crippen molar-refractivity contribution in [3.8, 4) is 0 Å². The van der Waals surface area contributed by atoms with E-state index in [0.29, 0.717) is 0 Å². The molecule has 108 valence electrons. The molecule has 3 aliphatic rings. The highest BCUT2D eigenvalue weighted by Gasteiger charge is 2.47. The molecule has 0 aromatic heterocycles. The first kappa shape index (κ1) is 13.6. The number of aliphatic hydroxyl groups is 1. The highest BCUT2D eigenvalue weighted by atomic mass is 16.8. The third-order valence-electron chi connectivity index (χ3n) is 4.82. The van der Waals surface area contributed by atoms with Crippen molar-refractivity contribution in [1.82, 2.24) is 0 Å². The van der Waals surface area contributed by atoms with Crippen LogP contribution in [0.3, 0.4) is 0 Å². The molecule has 3 rings (SSSR count). The summed E-state index contributed by atoms with van der Waals surface area (Å²) in [5.41, 5.74) is 0. The normalized spacial score (nSPS) is 42.3. The minimum Gasteiger partial charge on any atom is -0.390 e. The van der Waals surface area contributed by atoms with E-state index in [1.807, 2.05) is 13.8 Å². The lowest BCUT2D eigenvalue weighted by molar-refractivity contribution is -0.155. The number of hydrogen-bond donors (Lipinski definition) is 1. The summed E-state index contributed by atoms with van der Waals surface area (Å²) in [7, 11) is 0. The van der Waals surface area contributed by atoms with Crippen LogP contribution < -0.4 is 0 Å². The van der Waals surface area contributed by atoms with Gasteiger partial charge in [-0.3, -0.25) is 0 Å². The van der Waals surface area contributed by atoms with Crippen LogP contribution in [0.2, 0.25) is 0 Å². The fraction of sp³-hybridized carbons (Fsp3) is 0.875. The van der Waals surface area contributed by atoms with Crippen molar-refractivity contribution in [3.63, 3.8) is 0 Å². The molecule has 0 aromatic carbocycles. The smallest absolute Gasteiger partial charge is 0.164 e. The lowest BCUT2D eigenvalue weighted by Gasteiger charge is -2.33. The molecule has 1 heterocycles. The van der Waals surface area contributed by atoms with Crippen LogP contribution in [0.25, 0.3) is 0 Å². The van der Waals surface area contributed by atoms with E-state index in [2.05, 4.69) is 12.2 Å². The minimum absolute atomic E-state index is 0.0763. The zero-order chi connectivity index (χ0) is 13.5. The van der Waals surface area contributed by atoms with Crippen LogP contribution in [0.15, 0.2) is 12.2 Å². The summed E-state index contributed by atoms with van der Waals surface area (Å²) in [6.45, 7) is 3.84. The summed E-state index contributed by atoms with van der Waals surface area (Å²) >= 11 is 0. The van der Waals surface area contributed by atoms with E-state index in [-0.39, 0.29) is 18.1 Å². The largest absolute Gasteiger partial charge is 0.390 e. The Labute approximate surface area is 116 Å². The van der Waals surface area contributed by atoms with Gasteiger partial charge in [0.15, 0.2) is 5.79 Å². The van der Waals surface area contributed by atoms with E-state index in [0.717, 1.165) is 12.3 Å². The van der Waals surface area contributed by atoms with Gasteiger partial charge in [-0.05, 0) is 26.2 Å². The van der Waals surface area contributed by atoms with Gasteiger partial charge >= 0.3 is 0 Å². The van der Waals surface area contributed by atoms with E-state index in [4.69, 9.17) is 9.47 Å². The highest BCUT2D eigenvalue weighted by Crippen LogP contribution is 2.39. The molecule has 2 fully saturated rings. The van der Waals surface area contributed by atoms with Gasteiger partial charge in [-0.25, -0.2) is 0 Å². The van der Waals surface area contributed by atoms with Gasteiger partial charge < -0.3 is 14.6 Å². The fourth-order valence-electron chi connectivity index (χ4n) is 3.87. The summed E-state index contributed by atoms with van der Waals surface area (Å²) < 4.78 is 11.7. The van der Waals surface area contributed by atoms with E-state index >= 15 is 0 Å². The lowest BCUT2D eigenvalue weighted by Crippen LogP contribution is -2.42. The predicted molar refractivity (Wildman–Crippen MR) is 73.7 cm³/mol. The molecule has 4 atom stereocenters. The third-order valence-corrected chi connectivity index (χ3v) is 4.82. The Morgan fingerprint density at radius 2 is 1.84 bits per heavy atom. The molecule has 19 heavy (non-hydrogen) atoms. The molecule has 0 spiro atoms. The van der Waals surface area contributed by atoms with Crippen LogP contribution in [0.1, 0.15) is 52.4 Å². The summed E-state index contributed by atoms with van der Waals surface area (Å²) in [5, 5.41) is 10.5. The molecule has 0 unspecified atom stereocenters. The molecular formula is C16H26O3. The zero-order valence-electron chi connectivity index (χ0n) is 12.0. The molecule has 1 saturated heterocycles. The van der Waals surface area contributed by atoms with E-state index in [9.17, 15) is 5.11 Å². The monoisotopic (exact) mass is 266 g/mol. The summed E-state index contributed by atoms with van der Waals surface area (Å²) in [4.78, 5) is 0. The van der Waals surface area contributed by atoms with Crippen molar-refractivity contribution >= 4 is 0 Å². The molecular weight excluding hydrogens is 240 g/mol. The van der Waals surface area contributed by atoms with Crippen LogP contribution >= 0.6 is 0 Å². The van der Waals surface area contributed by atoms with Crippen molar-refractivity contribution in [2.75, 3.05) is 0 Å². The Balaban J connectivity index is 1.63. The van der Waals surface area contributed by atoms with Gasteiger partial charge in [0.25, 0.3) is 0 Å². The first-order valence-electron chi connectivity index (χ1n) is 7.77. The van der Waals surface area contributed by atoms with Gasteiger partial charge in [-0.1, -0.05) is 44.3 Å².